The first kappa shape index (κ1) is 18.6. The van der Waals surface area contributed by atoms with E-state index in [2.05, 4.69) is 15.2 Å². The summed E-state index contributed by atoms with van der Waals surface area (Å²) in [5.41, 5.74) is -0.0272. The summed E-state index contributed by atoms with van der Waals surface area (Å²) in [6.45, 7) is 3.16. The van der Waals surface area contributed by atoms with Gasteiger partial charge in [0.2, 0.25) is 5.91 Å². The number of carbonyl (C=O) groups is 1. The monoisotopic (exact) mass is 371 g/mol. The number of ether oxygens (including phenoxy) is 1. The summed E-state index contributed by atoms with van der Waals surface area (Å²) in [6, 6.07) is 10.1. The lowest BCUT2D eigenvalue weighted by atomic mass is 10.2. The van der Waals surface area contributed by atoms with Crippen LogP contribution >= 0.6 is 0 Å². The maximum Gasteiger partial charge on any atom is 0.296 e. The smallest absolute Gasteiger partial charge is 0.296 e. The predicted molar refractivity (Wildman–Crippen MR) is 101 cm³/mol. The van der Waals surface area contributed by atoms with Crippen LogP contribution < -0.4 is 15.0 Å². The van der Waals surface area contributed by atoms with Gasteiger partial charge in [0, 0.05) is 32.4 Å². The largest absolute Gasteiger partial charge is 0.496 e. The molecular formula is C18H21N5O4. The van der Waals surface area contributed by atoms with Crippen LogP contribution in [0.5, 0.6) is 5.75 Å². The Balaban J connectivity index is 1.55. The zero-order valence-electron chi connectivity index (χ0n) is 15.0. The second-order valence-electron chi connectivity index (χ2n) is 6.14. The van der Waals surface area contributed by atoms with E-state index in [4.69, 9.17) is 4.74 Å². The van der Waals surface area contributed by atoms with E-state index in [0.717, 1.165) is 18.9 Å². The average Bonchev–Trinajstić information content (AvgIpc) is 2.69. The minimum atomic E-state index is -0.538. The molecule has 142 valence electrons. The highest BCUT2D eigenvalue weighted by atomic mass is 16.6. The zero-order chi connectivity index (χ0) is 19.2. The molecule has 0 saturated carbocycles. The molecular weight excluding hydrogens is 350 g/mol. The van der Waals surface area contributed by atoms with Crippen molar-refractivity contribution in [2.75, 3.05) is 50.1 Å². The van der Waals surface area contributed by atoms with E-state index in [9.17, 15) is 14.9 Å². The van der Waals surface area contributed by atoms with Gasteiger partial charge in [-0.25, -0.2) is 4.98 Å². The zero-order valence-corrected chi connectivity index (χ0v) is 15.0. The van der Waals surface area contributed by atoms with Gasteiger partial charge in [0.25, 0.3) is 5.69 Å². The Morgan fingerprint density at radius 3 is 2.67 bits per heavy atom. The fourth-order valence-electron chi connectivity index (χ4n) is 2.96. The number of hydrogen-bond acceptors (Lipinski definition) is 7. The van der Waals surface area contributed by atoms with Gasteiger partial charge in [0.05, 0.1) is 24.6 Å². The molecule has 3 rings (SSSR count). The molecule has 1 N–H and O–H groups in total. The molecule has 1 aromatic heterocycles. The number of aromatic nitrogens is 1. The van der Waals surface area contributed by atoms with E-state index >= 15 is 0 Å². The third-order valence-electron chi connectivity index (χ3n) is 4.39. The minimum absolute atomic E-state index is 0.165. The van der Waals surface area contributed by atoms with Gasteiger partial charge in [-0.3, -0.25) is 19.8 Å². The van der Waals surface area contributed by atoms with Gasteiger partial charge >= 0.3 is 0 Å². The van der Waals surface area contributed by atoms with Crippen molar-refractivity contribution < 1.29 is 14.5 Å². The number of piperazine rings is 1. The average molecular weight is 371 g/mol. The van der Waals surface area contributed by atoms with Gasteiger partial charge < -0.3 is 15.0 Å². The van der Waals surface area contributed by atoms with E-state index < -0.39 is 4.92 Å². The number of nitrogens with one attached hydrogen (secondary N) is 1. The molecule has 27 heavy (non-hydrogen) atoms. The van der Waals surface area contributed by atoms with E-state index in [1.165, 1.54) is 19.2 Å². The van der Waals surface area contributed by atoms with Crippen molar-refractivity contribution in [3.8, 4) is 5.75 Å². The molecule has 0 radical (unpaired) electrons. The number of carbonyl (C=O) groups excluding carboxylic acids is 1. The van der Waals surface area contributed by atoms with Crippen molar-refractivity contribution in [3.05, 3.63) is 52.7 Å². The molecule has 1 aliphatic rings. The van der Waals surface area contributed by atoms with E-state index in [-0.39, 0.29) is 23.8 Å². The molecule has 0 spiro atoms. The number of hydrogen-bond donors (Lipinski definition) is 1. The van der Waals surface area contributed by atoms with Gasteiger partial charge in [-0.2, -0.15) is 0 Å². The molecule has 2 aromatic rings. The van der Waals surface area contributed by atoms with Gasteiger partial charge in [-0.15, -0.1) is 0 Å². The number of amides is 1. The molecule has 0 unspecified atom stereocenters. The fourth-order valence-corrected chi connectivity index (χ4v) is 2.96. The summed E-state index contributed by atoms with van der Waals surface area (Å²) in [7, 11) is 1.43. The Labute approximate surface area is 156 Å². The number of benzene rings is 1. The summed E-state index contributed by atoms with van der Waals surface area (Å²) < 4.78 is 5.00. The van der Waals surface area contributed by atoms with Crippen LogP contribution in [0.3, 0.4) is 0 Å². The van der Waals surface area contributed by atoms with Crippen LogP contribution in [-0.2, 0) is 4.79 Å². The van der Waals surface area contributed by atoms with Crippen LogP contribution in [0.25, 0.3) is 0 Å². The SMILES string of the molecule is COc1ccc(NC(=O)CN2CCN(c3ccccn3)CC2)c([N+](=O)[O-])c1. The molecule has 1 saturated heterocycles. The highest BCUT2D eigenvalue weighted by Gasteiger charge is 2.22. The van der Waals surface area contributed by atoms with Gasteiger partial charge in [0.15, 0.2) is 0 Å². The van der Waals surface area contributed by atoms with Crippen LogP contribution in [0.1, 0.15) is 0 Å². The number of rotatable bonds is 6. The third-order valence-corrected chi connectivity index (χ3v) is 4.39. The van der Waals surface area contributed by atoms with E-state index in [1.807, 2.05) is 23.1 Å². The van der Waals surface area contributed by atoms with Crippen LogP contribution in [-0.4, -0.2) is 60.5 Å². The number of anilines is 2. The normalized spacial score (nSPS) is 14.6. The van der Waals surface area contributed by atoms with Crippen LogP contribution in [0.15, 0.2) is 42.6 Å². The fraction of sp³-hybridized carbons (Fsp3) is 0.333. The maximum absolute atomic E-state index is 12.3. The van der Waals surface area contributed by atoms with Gasteiger partial charge in [-0.05, 0) is 24.3 Å². The minimum Gasteiger partial charge on any atom is -0.496 e. The lowest BCUT2D eigenvalue weighted by molar-refractivity contribution is -0.384. The van der Waals surface area contributed by atoms with Gasteiger partial charge in [0.1, 0.15) is 17.3 Å². The molecule has 0 bridgehead atoms. The first-order valence-corrected chi connectivity index (χ1v) is 8.57. The van der Waals surface area contributed by atoms with Gasteiger partial charge in [-0.1, -0.05) is 6.07 Å². The number of pyridine rings is 1. The van der Waals surface area contributed by atoms with Crippen molar-refractivity contribution in [2.24, 2.45) is 0 Å². The molecule has 1 fully saturated rings. The lowest BCUT2D eigenvalue weighted by Gasteiger charge is -2.34. The van der Waals surface area contributed by atoms with Crippen molar-refractivity contribution in [2.45, 2.75) is 0 Å². The van der Waals surface area contributed by atoms with Crippen molar-refractivity contribution in [3.63, 3.8) is 0 Å². The van der Waals surface area contributed by atoms with E-state index in [0.29, 0.717) is 18.8 Å². The summed E-state index contributed by atoms with van der Waals surface area (Å²) in [5.74, 6) is 1.01. The highest BCUT2D eigenvalue weighted by Crippen LogP contribution is 2.28. The standard InChI is InChI=1S/C18H21N5O4/c1-27-14-5-6-15(16(12-14)23(25)26)20-18(24)13-21-8-10-22(11-9-21)17-4-2-3-7-19-17/h2-7,12H,8-11,13H2,1H3,(H,20,24). The molecule has 0 atom stereocenters. The van der Waals surface area contributed by atoms with Crippen molar-refractivity contribution in [1.82, 2.24) is 9.88 Å². The first-order chi connectivity index (χ1) is 13.1. The van der Waals surface area contributed by atoms with Crippen molar-refractivity contribution in [1.29, 1.82) is 0 Å². The maximum atomic E-state index is 12.3. The summed E-state index contributed by atoms with van der Waals surface area (Å²) in [6.07, 6.45) is 1.76. The molecule has 1 aromatic carbocycles. The Hall–Kier alpha value is -3.20. The lowest BCUT2D eigenvalue weighted by Crippen LogP contribution is -2.48. The predicted octanol–water partition coefficient (Wildman–Crippen LogP) is 1.76. The van der Waals surface area contributed by atoms with Crippen molar-refractivity contribution >= 4 is 23.1 Å². The Kier molecular flexibility index (Phi) is 5.82. The first-order valence-electron chi connectivity index (χ1n) is 8.57. The van der Waals surface area contributed by atoms with Crippen LogP contribution in [0, 0.1) is 10.1 Å². The highest BCUT2D eigenvalue weighted by molar-refractivity contribution is 5.94. The Morgan fingerprint density at radius 1 is 1.26 bits per heavy atom. The molecule has 2 heterocycles. The topological polar surface area (TPSA) is 101 Å². The molecule has 9 nitrogen and oxygen atoms in total. The number of nitrogens with zero attached hydrogens (tertiary/aromatic N) is 4. The van der Waals surface area contributed by atoms with Crippen LogP contribution in [0.2, 0.25) is 0 Å². The quantitative estimate of drug-likeness (QED) is 0.610. The summed E-state index contributed by atoms with van der Waals surface area (Å²) in [4.78, 5) is 31.5. The molecule has 1 amide bonds. The molecule has 9 heteroatoms. The molecule has 0 aliphatic carbocycles. The Bertz CT molecular complexity index is 807. The summed E-state index contributed by atoms with van der Waals surface area (Å²) in [5, 5.41) is 13.8. The number of nitro benzene ring substituents is 1. The Morgan fingerprint density at radius 2 is 2.04 bits per heavy atom. The number of nitro groups is 1. The number of methoxy groups -OCH3 is 1. The van der Waals surface area contributed by atoms with Crippen LogP contribution in [0.4, 0.5) is 17.2 Å². The van der Waals surface area contributed by atoms with E-state index in [1.54, 1.807) is 12.3 Å². The molecule has 1 aliphatic heterocycles. The second-order valence-corrected chi connectivity index (χ2v) is 6.14. The summed E-state index contributed by atoms with van der Waals surface area (Å²) >= 11 is 0. The third kappa shape index (κ3) is 4.70. The second kappa shape index (κ2) is 8.45.